The summed E-state index contributed by atoms with van der Waals surface area (Å²) in [5.74, 6) is 0. The molecule has 1 aromatic carbocycles. The minimum absolute atomic E-state index is 0.151. The van der Waals surface area contributed by atoms with Crippen molar-refractivity contribution in [2.45, 2.75) is 19.3 Å². The lowest BCUT2D eigenvalue weighted by Gasteiger charge is -2.49. The maximum absolute atomic E-state index is 9.46. The zero-order valence-electron chi connectivity index (χ0n) is 10.6. The first kappa shape index (κ1) is 11.7. The van der Waals surface area contributed by atoms with Crippen LogP contribution in [-0.2, 0) is 10.2 Å². The Morgan fingerprint density at radius 2 is 2.06 bits per heavy atom. The van der Waals surface area contributed by atoms with Crippen molar-refractivity contribution < 1.29 is 4.74 Å². The Bertz CT molecular complexity index is 631. The molecule has 1 aliphatic rings. The molecule has 92 valence electrons. The third-order valence-electron chi connectivity index (χ3n) is 4.17. The number of rotatable bonds is 2. The Hall–Kier alpha value is -1.37. The van der Waals surface area contributed by atoms with Gasteiger partial charge in [0, 0.05) is 4.70 Å². The zero-order chi connectivity index (χ0) is 12.8. The van der Waals surface area contributed by atoms with E-state index in [4.69, 9.17) is 4.74 Å². The van der Waals surface area contributed by atoms with Gasteiger partial charge in [0.2, 0.25) is 0 Å². The van der Waals surface area contributed by atoms with E-state index in [1.807, 2.05) is 13.8 Å². The van der Waals surface area contributed by atoms with Crippen molar-refractivity contribution in [3.8, 4) is 6.07 Å². The van der Waals surface area contributed by atoms with Gasteiger partial charge in [0.1, 0.15) is 0 Å². The van der Waals surface area contributed by atoms with Crippen LogP contribution in [0.4, 0.5) is 0 Å². The number of thiophene rings is 1. The Balaban J connectivity index is 2.22. The fourth-order valence-electron chi connectivity index (χ4n) is 2.61. The summed E-state index contributed by atoms with van der Waals surface area (Å²) in [6, 6.07) is 10.9. The van der Waals surface area contributed by atoms with Crippen LogP contribution in [0.1, 0.15) is 19.4 Å². The van der Waals surface area contributed by atoms with Crippen molar-refractivity contribution in [3.63, 3.8) is 0 Å². The highest BCUT2D eigenvalue weighted by Crippen LogP contribution is 2.50. The van der Waals surface area contributed by atoms with E-state index in [0.29, 0.717) is 13.2 Å². The lowest BCUT2D eigenvalue weighted by molar-refractivity contribution is -0.101. The smallest absolute Gasteiger partial charge is 0.0695 e. The molecule has 0 spiro atoms. The van der Waals surface area contributed by atoms with E-state index >= 15 is 0 Å². The average molecular weight is 257 g/mol. The van der Waals surface area contributed by atoms with Crippen molar-refractivity contribution in [1.82, 2.24) is 0 Å². The summed E-state index contributed by atoms with van der Waals surface area (Å²) in [6.07, 6.45) is 0. The molecule has 0 bridgehead atoms. The van der Waals surface area contributed by atoms with Crippen molar-refractivity contribution >= 4 is 21.4 Å². The minimum Gasteiger partial charge on any atom is -0.379 e. The van der Waals surface area contributed by atoms with Gasteiger partial charge in [0.05, 0.1) is 30.1 Å². The average Bonchev–Trinajstić information content (AvgIpc) is 2.72. The Kier molecular flexibility index (Phi) is 2.48. The van der Waals surface area contributed by atoms with Crippen molar-refractivity contribution in [1.29, 1.82) is 5.26 Å². The molecule has 0 saturated carbocycles. The topological polar surface area (TPSA) is 33.0 Å². The molecule has 3 rings (SSSR count). The van der Waals surface area contributed by atoms with Gasteiger partial charge in [-0.3, -0.25) is 0 Å². The van der Waals surface area contributed by atoms with Gasteiger partial charge in [0.15, 0.2) is 0 Å². The first-order valence-corrected chi connectivity index (χ1v) is 6.94. The quantitative estimate of drug-likeness (QED) is 0.821. The molecule has 0 atom stereocenters. The molecule has 2 heterocycles. The van der Waals surface area contributed by atoms with E-state index in [1.165, 1.54) is 15.6 Å². The highest BCUT2D eigenvalue weighted by Gasteiger charge is 2.53. The van der Waals surface area contributed by atoms with Gasteiger partial charge in [-0.1, -0.05) is 18.2 Å². The van der Waals surface area contributed by atoms with Crippen LogP contribution in [-0.4, -0.2) is 13.2 Å². The number of hydrogen-bond donors (Lipinski definition) is 0. The molecule has 1 aromatic heterocycles. The van der Waals surface area contributed by atoms with E-state index < -0.39 is 5.41 Å². The van der Waals surface area contributed by atoms with E-state index in [0.717, 1.165) is 0 Å². The number of fused-ring (bicyclic) bond motifs is 1. The highest BCUT2D eigenvalue weighted by atomic mass is 32.1. The molecule has 2 nitrogen and oxygen atoms in total. The molecule has 1 aliphatic heterocycles. The fourth-order valence-corrected chi connectivity index (χ4v) is 3.67. The lowest BCUT2D eigenvalue weighted by atomic mass is 9.61. The minimum atomic E-state index is -0.408. The third kappa shape index (κ3) is 1.36. The summed E-state index contributed by atoms with van der Waals surface area (Å²) < 4.78 is 6.74. The largest absolute Gasteiger partial charge is 0.379 e. The van der Waals surface area contributed by atoms with Gasteiger partial charge >= 0.3 is 0 Å². The predicted molar refractivity (Wildman–Crippen MR) is 73.7 cm³/mol. The van der Waals surface area contributed by atoms with Crippen LogP contribution in [0.15, 0.2) is 29.6 Å². The Morgan fingerprint density at radius 3 is 2.67 bits per heavy atom. The molecule has 0 amide bonds. The molecule has 0 radical (unpaired) electrons. The monoisotopic (exact) mass is 257 g/mol. The van der Waals surface area contributed by atoms with Gasteiger partial charge in [-0.05, 0) is 36.2 Å². The second-order valence-corrected chi connectivity index (χ2v) is 6.37. The SMILES string of the molecule is CC(C)(C#N)C1(c2csc3ccccc23)COC1. The first-order chi connectivity index (χ1) is 8.61. The second kappa shape index (κ2) is 3.81. The van der Waals surface area contributed by atoms with Crippen molar-refractivity contribution in [3.05, 3.63) is 35.2 Å². The molecular formula is C15H15NOS. The van der Waals surface area contributed by atoms with Gasteiger partial charge in [-0.2, -0.15) is 5.26 Å². The summed E-state index contributed by atoms with van der Waals surface area (Å²) in [6.45, 7) is 5.33. The van der Waals surface area contributed by atoms with Crippen molar-refractivity contribution in [2.24, 2.45) is 5.41 Å². The van der Waals surface area contributed by atoms with Crippen LogP contribution in [0.2, 0.25) is 0 Å². The van der Waals surface area contributed by atoms with Gasteiger partial charge in [-0.25, -0.2) is 0 Å². The Labute approximate surface area is 111 Å². The van der Waals surface area contributed by atoms with Gasteiger partial charge < -0.3 is 4.74 Å². The van der Waals surface area contributed by atoms with Crippen LogP contribution in [0, 0.1) is 16.7 Å². The van der Waals surface area contributed by atoms with E-state index in [1.54, 1.807) is 11.3 Å². The molecule has 1 saturated heterocycles. The molecule has 0 unspecified atom stereocenters. The van der Waals surface area contributed by atoms with Gasteiger partial charge in [-0.15, -0.1) is 11.3 Å². The predicted octanol–water partition coefficient (Wildman–Crippen LogP) is 3.72. The van der Waals surface area contributed by atoms with E-state index in [-0.39, 0.29) is 5.41 Å². The summed E-state index contributed by atoms with van der Waals surface area (Å²) in [7, 11) is 0. The molecule has 3 heteroatoms. The second-order valence-electron chi connectivity index (χ2n) is 5.46. The van der Waals surface area contributed by atoms with Gasteiger partial charge in [0.25, 0.3) is 0 Å². The van der Waals surface area contributed by atoms with Crippen LogP contribution in [0.25, 0.3) is 10.1 Å². The molecule has 0 N–H and O–H groups in total. The van der Waals surface area contributed by atoms with Crippen molar-refractivity contribution in [2.75, 3.05) is 13.2 Å². The maximum Gasteiger partial charge on any atom is 0.0695 e. The standard InChI is InChI=1S/C15H15NOS/c1-14(2,8-16)15(9-17-10-15)12-7-18-13-6-4-3-5-11(12)13/h3-7H,9-10H2,1-2H3. The van der Waals surface area contributed by atoms with Crippen LogP contribution in [0.3, 0.4) is 0 Å². The molecule has 2 aromatic rings. The summed E-state index contributed by atoms with van der Waals surface area (Å²) in [5.41, 5.74) is 0.720. The lowest BCUT2D eigenvalue weighted by Crippen LogP contribution is -2.56. The summed E-state index contributed by atoms with van der Waals surface area (Å²) in [4.78, 5) is 0. The Morgan fingerprint density at radius 1 is 1.33 bits per heavy atom. The number of ether oxygens (including phenoxy) is 1. The van der Waals surface area contributed by atoms with Crippen LogP contribution in [0.5, 0.6) is 0 Å². The molecular weight excluding hydrogens is 242 g/mol. The fraction of sp³-hybridized carbons (Fsp3) is 0.400. The van der Waals surface area contributed by atoms with E-state index in [9.17, 15) is 5.26 Å². The highest BCUT2D eigenvalue weighted by molar-refractivity contribution is 7.17. The number of nitrogens with zero attached hydrogens (tertiary/aromatic N) is 1. The molecule has 18 heavy (non-hydrogen) atoms. The van der Waals surface area contributed by atoms with Crippen LogP contribution >= 0.6 is 11.3 Å². The molecule has 0 aliphatic carbocycles. The zero-order valence-corrected chi connectivity index (χ0v) is 11.4. The summed E-state index contributed by atoms with van der Waals surface area (Å²) in [5, 5.41) is 12.9. The van der Waals surface area contributed by atoms with Crippen LogP contribution < -0.4 is 0 Å². The third-order valence-corrected chi connectivity index (χ3v) is 5.13. The first-order valence-electron chi connectivity index (χ1n) is 6.06. The number of hydrogen-bond acceptors (Lipinski definition) is 3. The summed E-state index contributed by atoms with van der Waals surface area (Å²) >= 11 is 1.75. The molecule has 1 fully saturated rings. The normalized spacial score (nSPS) is 18.3. The van der Waals surface area contributed by atoms with E-state index in [2.05, 4.69) is 35.7 Å². The number of benzene rings is 1. The maximum atomic E-state index is 9.46. The number of nitriles is 1.